The molecule has 128 valence electrons. The summed E-state index contributed by atoms with van der Waals surface area (Å²) in [6, 6.07) is 1.74. The standard InChI is InChI=1S/C15H19BrN6O2/c1-20-7-4-12(19-20)14(23)21-5-3-6-22(9-8-21)15-17-10-11(16)13(18-15)24-2/h4,7,10H,3,5-6,8-9H2,1-2H3. The molecule has 1 saturated heterocycles. The van der Waals surface area contributed by atoms with Gasteiger partial charge < -0.3 is 14.5 Å². The summed E-state index contributed by atoms with van der Waals surface area (Å²) in [5.74, 6) is 1.08. The first-order chi connectivity index (χ1) is 11.6. The van der Waals surface area contributed by atoms with Crippen molar-refractivity contribution in [1.29, 1.82) is 0 Å². The minimum absolute atomic E-state index is 0.0354. The fourth-order valence-electron chi connectivity index (χ4n) is 2.65. The van der Waals surface area contributed by atoms with Crippen LogP contribution in [0, 0.1) is 0 Å². The molecule has 8 nitrogen and oxygen atoms in total. The molecule has 2 aromatic rings. The largest absolute Gasteiger partial charge is 0.480 e. The van der Waals surface area contributed by atoms with E-state index in [1.807, 2.05) is 4.90 Å². The molecule has 3 heterocycles. The van der Waals surface area contributed by atoms with E-state index in [4.69, 9.17) is 4.74 Å². The van der Waals surface area contributed by atoms with Crippen molar-refractivity contribution in [3.8, 4) is 5.88 Å². The van der Waals surface area contributed by atoms with Gasteiger partial charge in [-0.05, 0) is 28.4 Å². The second kappa shape index (κ2) is 7.16. The zero-order valence-corrected chi connectivity index (χ0v) is 15.2. The van der Waals surface area contributed by atoms with E-state index in [0.717, 1.165) is 17.4 Å². The molecule has 0 saturated carbocycles. The van der Waals surface area contributed by atoms with E-state index in [0.29, 0.717) is 37.2 Å². The molecule has 2 aromatic heterocycles. The SMILES string of the molecule is COc1nc(N2CCCN(C(=O)c3ccn(C)n3)CC2)ncc1Br. The van der Waals surface area contributed by atoms with E-state index in [9.17, 15) is 4.79 Å². The molecule has 1 amide bonds. The number of hydrogen-bond acceptors (Lipinski definition) is 6. The van der Waals surface area contributed by atoms with Gasteiger partial charge >= 0.3 is 0 Å². The summed E-state index contributed by atoms with van der Waals surface area (Å²) in [5, 5.41) is 4.19. The van der Waals surface area contributed by atoms with Crippen LogP contribution in [-0.4, -0.2) is 63.8 Å². The highest BCUT2D eigenvalue weighted by atomic mass is 79.9. The topological polar surface area (TPSA) is 76.4 Å². The molecule has 9 heteroatoms. The van der Waals surface area contributed by atoms with Gasteiger partial charge in [-0.3, -0.25) is 9.48 Å². The van der Waals surface area contributed by atoms with Crippen molar-refractivity contribution in [1.82, 2.24) is 24.6 Å². The van der Waals surface area contributed by atoms with Gasteiger partial charge in [0.15, 0.2) is 0 Å². The number of carbonyl (C=O) groups excluding carboxylic acids is 1. The number of methoxy groups -OCH3 is 1. The molecule has 0 radical (unpaired) electrons. The van der Waals surface area contributed by atoms with E-state index in [1.165, 1.54) is 0 Å². The van der Waals surface area contributed by atoms with Crippen molar-refractivity contribution in [2.24, 2.45) is 7.05 Å². The van der Waals surface area contributed by atoms with Gasteiger partial charge in [0, 0.05) is 39.4 Å². The van der Waals surface area contributed by atoms with Crippen molar-refractivity contribution in [2.75, 3.05) is 38.2 Å². The van der Waals surface area contributed by atoms with Gasteiger partial charge in [0.1, 0.15) is 5.69 Å². The maximum atomic E-state index is 12.5. The molecule has 1 fully saturated rings. The fraction of sp³-hybridized carbons (Fsp3) is 0.467. The van der Waals surface area contributed by atoms with Crippen molar-refractivity contribution < 1.29 is 9.53 Å². The summed E-state index contributed by atoms with van der Waals surface area (Å²) in [7, 11) is 3.38. The smallest absolute Gasteiger partial charge is 0.274 e. The van der Waals surface area contributed by atoms with Gasteiger partial charge in [0.2, 0.25) is 11.8 Å². The Morgan fingerprint density at radius 3 is 2.83 bits per heavy atom. The highest BCUT2D eigenvalue weighted by Gasteiger charge is 2.23. The maximum absolute atomic E-state index is 12.5. The number of ether oxygens (including phenoxy) is 1. The van der Waals surface area contributed by atoms with Gasteiger partial charge in [-0.1, -0.05) is 0 Å². The van der Waals surface area contributed by atoms with E-state index in [2.05, 4.69) is 35.9 Å². The predicted molar refractivity (Wildman–Crippen MR) is 92.2 cm³/mol. The van der Waals surface area contributed by atoms with E-state index in [1.54, 1.807) is 37.3 Å². The minimum atomic E-state index is -0.0354. The number of hydrogen-bond donors (Lipinski definition) is 0. The van der Waals surface area contributed by atoms with Crippen LogP contribution in [0.2, 0.25) is 0 Å². The lowest BCUT2D eigenvalue weighted by atomic mass is 10.3. The predicted octanol–water partition coefficient (Wildman–Crippen LogP) is 1.33. The quantitative estimate of drug-likeness (QED) is 0.781. The molecular weight excluding hydrogens is 376 g/mol. The Balaban J connectivity index is 1.70. The molecule has 0 aliphatic carbocycles. The summed E-state index contributed by atoms with van der Waals surface area (Å²) >= 11 is 3.36. The van der Waals surface area contributed by atoms with E-state index >= 15 is 0 Å². The lowest BCUT2D eigenvalue weighted by Gasteiger charge is -2.22. The highest BCUT2D eigenvalue weighted by Crippen LogP contribution is 2.24. The number of aromatic nitrogens is 4. The number of amides is 1. The summed E-state index contributed by atoms with van der Waals surface area (Å²) < 4.78 is 7.58. The molecule has 3 rings (SSSR count). The third-order valence-corrected chi connectivity index (χ3v) is 4.44. The molecule has 0 unspecified atom stereocenters. The minimum Gasteiger partial charge on any atom is -0.480 e. The van der Waals surface area contributed by atoms with Crippen LogP contribution in [0.25, 0.3) is 0 Å². The van der Waals surface area contributed by atoms with Crippen LogP contribution in [0.1, 0.15) is 16.9 Å². The summed E-state index contributed by atoms with van der Waals surface area (Å²) in [5.41, 5.74) is 0.479. The molecule has 1 aliphatic heterocycles. The molecular formula is C15H19BrN6O2. The second-order valence-electron chi connectivity index (χ2n) is 5.53. The first kappa shape index (κ1) is 16.7. The number of rotatable bonds is 3. The summed E-state index contributed by atoms with van der Waals surface area (Å²) in [6.45, 7) is 2.76. The highest BCUT2D eigenvalue weighted by molar-refractivity contribution is 9.10. The van der Waals surface area contributed by atoms with Gasteiger partial charge in [0.25, 0.3) is 5.91 Å². The third-order valence-electron chi connectivity index (χ3n) is 3.89. The Morgan fingerprint density at radius 1 is 1.29 bits per heavy atom. The van der Waals surface area contributed by atoms with Crippen molar-refractivity contribution in [3.05, 3.63) is 28.6 Å². The van der Waals surface area contributed by atoms with Gasteiger partial charge in [0.05, 0.1) is 17.8 Å². The molecule has 0 spiro atoms. The molecule has 0 bridgehead atoms. The Labute approximate surface area is 148 Å². The average molecular weight is 395 g/mol. The first-order valence-electron chi connectivity index (χ1n) is 7.69. The van der Waals surface area contributed by atoms with Crippen LogP contribution >= 0.6 is 15.9 Å². The fourth-order valence-corrected chi connectivity index (χ4v) is 3.00. The Bertz CT molecular complexity index is 735. The maximum Gasteiger partial charge on any atom is 0.274 e. The summed E-state index contributed by atoms with van der Waals surface area (Å²) in [4.78, 5) is 25.2. The molecule has 1 aliphatic rings. The van der Waals surface area contributed by atoms with Crippen molar-refractivity contribution in [3.63, 3.8) is 0 Å². The first-order valence-corrected chi connectivity index (χ1v) is 8.48. The Morgan fingerprint density at radius 2 is 2.12 bits per heavy atom. The van der Waals surface area contributed by atoms with Crippen molar-refractivity contribution >= 4 is 27.8 Å². The third kappa shape index (κ3) is 3.50. The average Bonchev–Trinajstić information content (AvgIpc) is 2.87. The number of aryl methyl sites for hydroxylation is 1. The van der Waals surface area contributed by atoms with Crippen LogP contribution in [0.4, 0.5) is 5.95 Å². The van der Waals surface area contributed by atoms with Crippen LogP contribution < -0.4 is 9.64 Å². The number of carbonyl (C=O) groups is 1. The van der Waals surface area contributed by atoms with Crippen LogP contribution in [0.3, 0.4) is 0 Å². The Hall–Kier alpha value is -2.16. The molecule has 0 N–H and O–H groups in total. The van der Waals surface area contributed by atoms with Gasteiger partial charge in [-0.25, -0.2) is 4.98 Å². The molecule has 24 heavy (non-hydrogen) atoms. The molecule has 0 aromatic carbocycles. The van der Waals surface area contributed by atoms with Gasteiger partial charge in [-0.15, -0.1) is 0 Å². The lowest BCUT2D eigenvalue weighted by Crippen LogP contribution is -2.35. The number of nitrogens with zero attached hydrogens (tertiary/aromatic N) is 6. The van der Waals surface area contributed by atoms with Crippen molar-refractivity contribution in [2.45, 2.75) is 6.42 Å². The lowest BCUT2D eigenvalue weighted by molar-refractivity contribution is 0.0760. The van der Waals surface area contributed by atoms with Crippen LogP contribution in [0.15, 0.2) is 22.9 Å². The zero-order valence-electron chi connectivity index (χ0n) is 13.6. The zero-order chi connectivity index (χ0) is 17.1. The van der Waals surface area contributed by atoms with Crippen LogP contribution in [0.5, 0.6) is 5.88 Å². The second-order valence-corrected chi connectivity index (χ2v) is 6.39. The Kier molecular flexibility index (Phi) is 4.98. The molecule has 0 atom stereocenters. The number of anilines is 1. The van der Waals surface area contributed by atoms with E-state index < -0.39 is 0 Å². The monoisotopic (exact) mass is 394 g/mol. The van der Waals surface area contributed by atoms with Gasteiger partial charge in [-0.2, -0.15) is 10.1 Å². The van der Waals surface area contributed by atoms with E-state index in [-0.39, 0.29) is 5.91 Å². The van der Waals surface area contributed by atoms with Crippen LogP contribution in [-0.2, 0) is 7.05 Å². The normalized spacial score (nSPS) is 15.3. The number of halogens is 1. The summed E-state index contributed by atoms with van der Waals surface area (Å²) in [6.07, 6.45) is 4.31.